The van der Waals surface area contributed by atoms with Crippen molar-refractivity contribution in [2.45, 2.75) is 44.6 Å². The van der Waals surface area contributed by atoms with Gasteiger partial charge in [-0.1, -0.05) is 29.1 Å². The van der Waals surface area contributed by atoms with Gasteiger partial charge in [0.15, 0.2) is 5.16 Å². The van der Waals surface area contributed by atoms with E-state index in [-0.39, 0.29) is 12.5 Å². The molecule has 37 heavy (non-hydrogen) atoms. The SMILES string of the molecule is CSc1ncc2c(n1)N(C)CCN(c1cccc(Cn3cc(CN(C)C(=O)OC(C)(C)C)nn3)c1)C2=O. The summed E-state index contributed by atoms with van der Waals surface area (Å²) < 4.78 is 7.10. The minimum Gasteiger partial charge on any atom is -0.444 e. The van der Waals surface area contributed by atoms with E-state index in [0.29, 0.717) is 41.9 Å². The molecule has 0 N–H and O–H groups in total. The molecule has 1 aliphatic rings. The second-order valence-corrected chi connectivity index (χ2v) is 10.7. The van der Waals surface area contributed by atoms with Crippen molar-refractivity contribution in [1.82, 2.24) is 29.9 Å². The van der Waals surface area contributed by atoms with Gasteiger partial charge in [0.2, 0.25) is 0 Å². The number of fused-ring (bicyclic) bond motifs is 1. The molecule has 12 heteroatoms. The molecule has 196 valence electrons. The van der Waals surface area contributed by atoms with Gasteiger partial charge in [-0.3, -0.25) is 4.79 Å². The molecule has 2 amide bonds. The first-order chi connectivity index (χ1) is 17.5. The Morgan fingerprint density at radius 3 is 2.76 bits per heavy atom. The highest BCUT2D eigenvalue weighted by atomic mass is 32.2. The molecular formula is C25H32N8O3S. The van der Waals surface area contributed by atoms with Crippen LogP contribution in [0.15, 0.2) is 41.8 Å². The van der Waals surface area contributed by atoms with E-state index in [0.717, 1.165) is 11.3 Å². The third-order valence-corrected chi connectivity index (χ3v) is 6.24. The van der Waals surface area contributed by atoms with Gasteiger partial charge in [-0.25, -0.2) is 19.4 Å². The third-order valence-electron chi connectivity index (χ3n) is 5.68. The highest BCUT2D eigenvalue weighted by molar-refractivity contribution is 7.98. The van der Waals surface area contributed by atoms with E-state index >= 15 is 0 Å². The molecule has 4 rings (SSSR count). The van der Waals surface area contributed by atoms with Gasteiger partial charge in [0.05, 0.1) is 19.3 Å². The van der Waals surface area contributed by atoms with E-state index in [9.17, 15) is 9.59 Å². The molecule has 3 heterocycles. The Morgan fingerprint density at radius 2 is 2.03 bits per heavy atom. The van der Waals surface area contributed by atoms with Crippen molar-refractivity contribution < 1.29 is 14.3 Å². The molecule has 0 radical (unpaired) electrons. The summed E-state index contributed by atoms with van der Waals surface area (Å²) in [6, 6.07) is 7.81. The monoisotopic (exact) mass is 524 g/mol. The molecule has 0 aliphatic carbocycles. The van der Waals surface area contributed by atoms with Crippen molar-refractivity contribution in [2.24, 2.45) is 0 Å². The molecule has 0 saturated heterocycles. The first-order valence-corrected chi connectivity index (χ1v) is 13.1. The summed E-state index contributed by atoms with van der Waals surface area (Å²) in [5.74, 6) is 0.520. The van der Waals surface area contributed by atoms with Gasteiger partial charge in [0, 0.05) is 39.1 Å². The van der Waals surface area contributed by atoms with Crippen molar-refractivity contribution in [3.8, 4) is 0 Å². The molecule has 0 fully saturated rings. The first-order valence-electron chi connectivity index (χ1n) is 11.9. The minimum absolute atomic E-state index is 0.127. The Labute approximate surface area is 220 Å². The summed E-state index contributed by atoms with van der Waals surface area (Å²) in [5.41, 5.74) is 2.33. The van der Waals surface area contributed by atoms with Crippen molar-refractivity contribution in [2.75, 3.05) is 43.2 Å². The Hall–Kier alpha value is -3.67. The number of amides is 2. The van der Waals surface area contributed by atoms with E-state index in [4.69, 9.17) is 4.74 Å². The summed E-state index contributed by atoms with van der Waals surface area (Å²) in [7, 11) is 3.60. The Morgan fingerprint density at radius 1 is 1.24 bits per heavy atom. The molecule has 3 aromatic rings. The van der Waals surface area contributed by atoms with Gasteiger partial charge >= 0.3 is 6.09 Å². The number of thioether (sulfide) groups is 1. The number of carbonyl (C=O) groups excluding carboxylic acids is 2. The zero-order chi connectivity index (χ0) is 26.7. The number of hydrogen-bond acceptors (Lipinski definition) is 9. The van der Waals surface area contributed by atoms with Crippen LogP contribution < -0.4 is 9.80 Å². The summed E-state index contributed by atoms with van der Waals surface area (Å²) in [6.45, 7) is 7.40. The van der Waals surface area contributed by atoms with Crippen LogP contribution in [0.4, 0.5) is 16.3 Å². The van der Waals surface area contributed by atoms with E-state index < -0.39 is 11.7 Å². The summed E-state index contributed by atoms with van der Waals surface area (Å²) in [6.07, 6.45) is 4.91. The molecule has 0 bridgehead atoms. The number of nitrogens with zero attached hydrogens (tertiary/aromatic N) is 8. The van der Waals surface area contributed by atoms with Gasteiger partial charge in [0.1, 0.15) is 22.7 Å². The fourth-order valence-electron chi connectivity index (χ4n) is 3.89. The fraction of sp³-hybridized carbons (Fsp3) is 0.440. The summed E-state index contributed by atoms with van der Waals surface area (Å²) in [4.78, 5) is 39.8. The zero-order valence-electron chi connectivity index (χ0n) is 22.0. The van der Waals surface area contributed by atoms with Crippen LogP contribution in [0, 0.1) is 0 Å². The van der Waals surface area contributed by atoms with Gasteiger partial charge in [-0.2, -0.15) is 0 Å². The van der Waals surface area contributed by atoms with Crippen molar-refractivity contribution >= 4 is 35.3 Å². The predicted octanol–water partition coefficient (Wildman–Crippen LogP) is 3.30. The number of anilines is 2. The number of carbonyl (C=O) groups is 2. The van der Waals surface area contributed by atoms with Crippen LogP contribution in [0.1, 0.15) is 42.4 Å². The van der Waals surface area contributed by atoms with Crippen LogP contribution in [0.5, 0.6) is 0 Å². The maximum atomic E-state index is 13.4. The Bertz CT molecular complexity index is 1290. The molecule has 1 aliphatic heterocycles. The van der Waals surface area contributed by atoms with E-state index in [1.165, 1.54) is 16.7 Å². The largest absolute Gasteiger partial charge is 0.444 e. The number of likely N-dealkylation sites (N-methyl/N-ethyl adjacent to an activating group) is 1. The topological polar surface area (TPSA) is 110 Å². The van der Waals surface area contributed by atoms with Crippen LogP contribution in [-0.2, 0) is 17.8 Å². The normalized spacial score (nSPS) is 13.8. The summed E-state index contributed by atoms with van der Waals surface area (Å²) >= 11 is 1.45. The average molecular weight is 525 g/mol. The smallest absolute Gasteiger partial charge is 0.410 e. The first kappa shape index (κ1) is 26.4. The molecule has 0 unspecified atom stereocenters. The molecule has 11 nitrogen and oxygen atoms in total. The van der Waals surface area contributed by atoms with Crippen LogP contribution in [0.2, 0.25) is 0 Å². The van der Waals surface area contributed by atoms with Gasteiger partial charge in [-0.15, -0.1) is 5.10 Å². The number of hydrogen-bond donors (Lipinski definition) is 0. The second kappa shape index (κ2) is 10.8. The van der Waals surface area contributed by atoms with Crippen molar-refractivity contribution in [3.05, 3.63) is 53.5 Å². The molecule has 0 atom stereocenters. The molecule has 2 aromatic heterocycles. The van der Waals surface area contributed by atoms with Crippen molar-refractivity contribution in [1.29, 1.82) is 0 Å². The van der Waals surface area contributed by atoms with Gasteiger partial charge < -0.3 is 19.4 Å². The number of rotatable bonds is 6. The van der Waals surface area contributed by atoms with Gasteiger partial charge in [-0.05, 0) is 44.7 Å². The molecular weight excluding hydrogens is 492 g/mol. The third kappa shape index (κ3) is 6.37. The lowest BCUT2D eigenvalue weighted by Crippen LogP contribution is -2.33. The number of benzene rings is 1. The second-order valence-electron chi connectivity index (χ2n) is 9.89. The van der Waals surface area contributed by atoms with E-state index in [2.05, 4.69) is 20.3 Å². The van der Waals surface area contributed by atoms with Crippen LogP contribution in [-0.4, -0.2) is 80.9 Å². The standard InChI is InChI=1S/C25H32N8O3S/c1-25(2,3)36-24(35)31(5)15-18-16-32(29-28-18)14-17-8-7-9-19(12-17)33-11-10-30(4)21-20(22(33)34)13-26-23(27-21)37-6/h7-9,12-13,16H,10-11,14-15H2,1-6H3. The summed E-state index contributed by atoms with van der Waals surface area (Å²) in [5, 5.41) is 9.04. The lowest BCUT2D eigenvalue weighted by atomic mass is 10.1. The quantitative estimate of drug-likeness (QED) is 0.354. The zero-order valence-corrected chi connectivity index (χ0v) is 22.8. The lowest BCUT2D eigenvalue weighted by Gasteiger charge is -2.24. The number of ether oxygens (including phenoxy) is 1. The average Bonchev–Trinajstić information content (AvgIpc) is 3.24. The highest BCUT2D eigenvalue weighted by Gasteiger charge is 2.28. The molecule has 0 saturated carbocycles. The van der Waals surface area contributed by atoms with Gasteiger partial charge in [0.25, 0.3) is 5.91 Å². The maximum absolute atomic E-state index is 13.4. The maximum Gasteiger partial charge on any atom is 0.410 e. The fourth-order valence-corrected chi connectivity index (χ4v) is 4.23. The van der Waals surface area contributed by atoms with E-state index in [1.807, 2.05) is 63.2 Å². The number of aromatic nitrogens is 5. The van der Waals surface area contributed by atoms with E-state index in [1.54, 1.807) is 29.0 Å². The molecule has 1 aromatic carbocycles. The minimum atomic E-state index is -0.565. The van der Waals surface area contributed by atoms with Crippen LogP contribution >= 0.6 is 11.8 Å². The predicted molar refractivity (Wildman–Crippen MR) is 142 cm³/mol. The lowest BCUT2D eigenvalue weighted by molar-refractivity contribution is 0.0283. The Kier molecular flexibility index (Phi) is 7.67. The molecule has 0 spiro atoms. The van der Waals surface area contributed by atoms with Crippen LogP contribution in [0.25, 0.3) is 0 Å². The van der Waals surface area contributed by atoms with Crippen molar-refractivity contribution in [3.63, 3.8) is 0 Å². The Balaban J connectivity index is 1.47. The van der Waals surface area contributed by atoms with Crippen LogP contribution in [0.3, 0.4) is 0 Å². The highest BCUT2D eigenvalue weighted by Crippen LogP contribution is 2.27.